The molecule has 0 heterocycles. The summed E-state index contributed by atoms with van der Waals surface area (Å²) in [4.78, 5) is 0. The molecule has 0 fully saturated rings. The molecule has 0 saturated carbocycles. The second-order valence-electron chi connectivity index (χ2n) is 10.4. The molecular weight excluding hydrogens is 399 g/mol. The van der Waals surface area contributed by atoms with Crippen LogP contribution in [0.4, 0.5) is 11.4 Å². The summed E-state index contributed by atoms with van der Waals surface area (Å²) < 4.78 is 0. The van der Waals surface area contributed by atoms with Gasteiger partial charge in [0.1, 0.15) is 0 Å². The number of rotatable bonds is 9. The molecule has 0 aliphatic rings. The van der Waals surface area contributed by atoms with E-state index in [1.165, 1.54) is 39.1 Å². The van der Waals surface area contributed by atoms with Gasteiger partial charge in [-0.25, -0.2) is 0 Å². The molecule has 174 valence electrons. The molecule has 0 amide bonds. The predicted molar refractivity (Wildman–Crippen MR) is 148 cm³/mol. The molecule has 0 saturated heterocycles. The molecule has 0 unspecified atom stereocenters. The lowest BCUT2D eigenvalue weighted by atomic mass is 9.66. The first kappa shape index (κ1) is 25.0. The van der Waals surface area contributed by atoms with E-state index in [0.717, 1.165) is 0 Å². The van der Waals surface area contributed by atoms with Crippen LogP contribution >= 0.6 is 0 Å². The molecule has 0 aliphatic heterocycles. The molecule has 2 N–H and O–H groups in total. The van der Waals surface area contributed by atoms with Crippen molar-refractivity contribution in [2.45, 2.75) is 79.1 Å². The first-order valence-electron chi connectivity index (χ1n) is 12.5. The van der Waals surface area contributed by atoms with Crippen molar-refractivity contribution in [1.82, 2.24) is 0 Å². The molecular formula is C30H41BN2. The van der Waals surface area contributed by atoms with Crippen molar-refractivity contribution in [3.8, 4) is 0 Å². The molecule has 0 bridgehead atoms. The van der Waals surface area contributed by atoms with Gasteiger partial charge in [0.05, 0.1) is 0 Å². The number of hydrogen-bond donors (Lipinski definition) is 2. The lowest BCUT2D eigenvalue weighted by Crippen LogP contribution is -2.47. The van der Waals surface area contributed by atoms with Gasteiger partial charge in [-0.3, -0.25) is 0 Å². The Labute approximate surface area is 202 Å². The van der Waals surface area contributed by atoms with Crippen LogP contribution in [0.25, 0.3) is 0 Å². The largest absolute Gasteiger partial charge is 0.406 e. The van der Waals surface area contributed by atoms with Crippen molar-refractivity contribution in [1.29, 1.82) is 0 Å². The van der Waals surface area contributed by atoms with Crippen LogP contribution in [0.5, 0.6) is 0 Å². The van der Waals surface area contributed by atoms with Crippen LogP contribution in [0.2, 0.25) is 0 Å². The van der Waals surface area contributed by atoms with Crippen LogP contribution in [0.3, 0.4) is 0 Å². The van der Waals surface area contributed by atoms with Crippen LogP contribution in [0.1, 0.15) is 101 Å². The summed E-state index contributed by atoms with van der Waals surface area (Å²) in [6, 6.07) is 24.2. The third kappa shape index (κ3) is 5.82. The van der Waals surface area contributed by atoms with Gasteiger partial charge in [0, 0.05) is 11.4 Å². The van der Waals surface area contributed by atoms with E-state index in [4.69, 9.17) is 0 Å². The molecule has 0 aromatic heterocycles. The molecule has 0 spiro atoms. The standard InChI is InChI=1S/C30H41BN2/c1-20(2)25-16-12-17-26(21(3)4)29(25)32-31(24-14-10-9-11-15-24)33-30-27(22(5)6)18-13-19-28(30)23(7)8/h9-23,32-33H,1-8H3. The zero-order chi connectivity index (χ0) is 24.1. The third-order valence-electron chi connectivity index (χ3n) is 6.46. The van der Waals surface area contributed by atoms with E-state index in [-0.39, 0.29) is 6.98 Å². The van der Waals surface area contributed by atoms with E-state index in [1.807, 2.05) is 0 Å². The summed E-state index contributed by atoms with van der Waals surface area (Å²) in [5, 5.41) is 7.93. The van der Waals surface area contributed by atoms with Crippen molar-refractivity contribution in [3.63, 3.8) is 0 Å². The van der Waals surface area contributed by atoms with E-state index in [1.54, 1.807) is 0 Å². The van der Waals surface area contributed by atoms with E-state index < -0.39 is 0 Å². The number of hydrogen-bond acceptors (Lipinski definition) is 2. The van der Waals surface area contributed by atoms with Gasteiger partial charge >= 0.3 is 6.98 Å². The summed E-state index contributed by atoms with van der Waals surface area (Å²) in [7, 11) is 0. The topological polar surface area (TPSA) is 24.1 Å². The Kier molecular flexibility index (Phi) is 8.29. The maximum absolute atomic E-state index is 3.96. The van der Waals surface area contributed by atoms with Gasteiger partial charge in [-0.1, -0.05) is 122 Å². The lowest BCUT2D eigenvalue weighted by Gasteiger charge is -2.28. The second kappa shape index (κ2) is 11.0. The Bertz CT molecular complexity index is 920. The average molecular weight is 440 g/mol. The highest BCUT2D eigenvalue weighted by Gasteiger charge is 2.25. The minimum Gasteiger partial charge on any atom is -0.405 e. The summed E-state index contributed by atoms with van der Waals surface area (Å²) in [5.41, 5.74) is 9.22. The highest BCUT2D eigenvalue weighted by Crippen LogP contribution is 2.35. The molecule has 0 radical (unpaired) electrons. The number of para-hydroxylation sites is 2. The zero-order valence-corrected chi connectivity index (χ0v) is 21.7. The SMILES string of the molecule is CC(C)c1cccc(C(C)C)c1NB(Nc1c(C(C)C)cccc1C(C)C)c1ccccc1. The van der Waals surface area contributed by atoms with Gasteiger partial charge in [0.2, 0.25) is 0 Å². The fourth-order valence-corrected chi connectivity index (χ4v) is 4.57. The quantitative estimate of drug-likeness (QED) is 0.329. The van der Waals surface area contributed by atoms with Crippen molar-refractivity contribution >= 4 is 23.8 Å². The van der Waals surface area contributed by atoms with E-state index in [0.29, 0.717) is 23.7 Å². The summed E-state index contributed by atoms with van der Waals surface area (Å²) in [5.74, 6) is 1.77. The van der Waals surface area contributed by atoms with E-state index in [9.17, 15) is 0 Å². The molecule has 2 nitrogen and oxygen atoms in total. The van der Waals surface area contributed by atoms with Crippen molar-refractivity contribution in [2.24, 2.45) is 0 Å². The van der Waals surface area contributed by atoms with Crippen LogP contribution in [-0.2, 0) is 0 Å². The Morgan fingerprint density at radius 2 is 0.788 bits per heavy atom. The minimum atomic E-state index is -0.0407. The Balaban J connectivity index is 2.15. The summed E-state index contributed by atoms with van der Waals surface area (Å²) in [6.45, 7) is 18.2. The summed E-state index contributed by atoms with van der Waals surface area (Å²) >= 11 is 0. The maximum atomic E-state index is 3.96. The van der Waals surface area contributed by atoms with Gasteiger partial charge in [-0.15, -0.1) is 0 Å². The maximum Gasteiger partial charge on any atom is 0.406 e. The highest BCUT2D eigenvalue weighted by molar-refractivity contribution is 6.79. The first-order valence-corrected chi connectivity index (χ1v) is 12.5. The molecule has 3 heteroatoms. The zero-order valence-electron chi connectivity index (χ0n) is 21.7. The van der Waals surface area contributed by atoms with Crippen molar-refractivity contribution < 1.29 is 0 Å². The molecule has 33 heavy (non-hydrogen) atoms. The van der Waals surface area contributed by atoms with Gasteiger partial charge in [0.25, 0.3) is 0 Å². The van der Waals surface area contributed by atoms with E-state index in [2.05, 4.69) is 133 Å². The monoisotopic (exact) mass is 440 g/mol. The highest BCUT2D eigenvalue weighted by atomic mass is 15.0. The van der Waals surface area contributed by atoms with Crippen LogP contribution < -0.4 is 15.9 Å². The first-order chi connectivity index (χ1) is 15.7. The van der Waals surface area contributed by atoms with Crippen LogP contribution in [0.15, 0.2) is 66.7 Å². The van der Waals surface area contributed by atoms with Gasteiger partial charge < -0.3 is 10.5 Å². The Morgan fingerprint density at radius 1 is 0.455 bits per heavy atom. The van der Waals surface area contributed by atoms with Crippen molar-refractivity contribution in [3.05, 3.63) is 89.0 Å². The average Bonchev–Trinajstić information content (AvgIpc) is 2.78. The molecule has 3 rings (SSSR count). The fourth-order valence-electron chi connectivity index (χ4n) is 4.57. The Morgan fingerprint density at radius 3 is 1.09 bits per heavy atom. The van der Waals surface area contributed by atoms with Gasteiger partial charge in [-0.05, 0) is 51.4 Å². The minimum absolute atomic E-state index is 0.0407. The van der Waals surface area contributed by atoms with Crippen LogP contribution in [-0.4, -0.2) is 6.98 Å². The second-order valence-corrected chi connectivity index (χ2v) is 10.4. The van der Waals surface area contributed by atoms with Crippen LogP contribution in [0, 0.1) is 0 Å². The third-order valence-corrected chi connectivity index (χ3v) is 6.46. The van der Waals surface area contributed by atoms with Gasteiger partial charge in [0.15, 0.2) is 0 Å². The predicted octanol–water partition coefficient (Wildman–Crippen LogP) is 8.10. The smallest absolute Gasteiger partial charge is 0.405 e. The lowest BCUT2D eigenvalue weighted by molar-refractivity contribution is 0.838. The number of anilines is 2. The van der Waals surface area contributed by atoms with E-state index >= 15 is 0 Å². The van der Waals surface area contributed by atoms with Crippen molar-refractivity contribution in [2.75, 3.05) is 10.5 Å². The molecule has 0 atom stereocenters. The number of benzene rings is 3. The number of nitrogens with one attached hydrogen (secondary N) is 2. The Hall–Kier alpha value is -2.68. The molecule has 3 aromatic carbocycles. The summed E-state index contributed by atoms with van der Waals surface area (Å²) in [6.07, 6.45) is 0. The normalized spacial score (nSPS) is 11.5. The fraction of sp³-hybridized carbons (Fsp3) is 0.400. The molecule has 3 aromatic rings. The molecule has 0 aliphatic carbocycles. The van der Waals surface area contributed by atoms with Gasteiger partial charge in [-0.2, -0.15) is 0 Å².